The number of rotatable bonds is 20. The summed E-state index contributed by atoms with van der Waals surface area (Å²) in [6.45, 7) is 26.4. The Morgan fingerprint density at radius 2 is 0.889 bits per heavy atom. The molecule has 2 fully saturated rings. The molecule has 45 heavy (non-hydrogen) atoms. The number of benzene rings is 2. The van der Waals surface area contributed by atoms with E-state index < -0.39 is 0 Å². The van der Waals surface area contributed by atoms with Gasteiger partial charge in [0, 0.05) is 0 Å². The number of hydrogen-bond donors (Lipinski definition) is 0. The van der Waals surface area contributed by atoms with Gasteiger partial charge in [0.1, 0.15) is 11.5 Å². The minimum Gasteiger partial charge on any atom is -0.493 e. The average Bonchev–Trinajstić information content (AvgIpc) is 3.92. The van der Waals surface area contributed by atoms with Gasteiger partial charge >= 0.3 is 0 Å². The van der Waals surface area contributed by atoms with E-state index >= 15 is 0 Å². The van der Waals surface area contributed by atoms with Gasteiger partial charge in [-0.15, -0.1) is 0 Å². The van der Waals surface area contributed by atoms with Gasteiger partial charge in [-0.3, -0.25) is 0 Å². The molecule has 4 nitrogen and oxygen atoms in total. The molecule has 2 aliphatic rings. The van der Waals surface area contributed by atoms with E-state index in [0.29, 0.717) is 47.7 Å². The summed E-state index contributed by atoms with van der Waals surface area (Å²) in [5, 5.41) is 0. The number of hydrogen-bond acceptors (Lipinski definition) is 4. The molecule has 0 radical (unpaired) electrons. The Hall–Kier alpha value is -2.04. The summed E-state index contributed by atoms with van der Waals surface area (Å²) in [4.78, 5) is 0. The van der Waals surface area contributed by atoms with Gasteiger partial charge < -0.3 is 18.9 Å². The van der Waals surface area contributed by atoms with E-state index in [1.165, 1.54) is 59.1 Å². The number of epoxide rings is 2. The third kappa shape index (κ3) is 9.97. The summed E-state index contributed by atoms with van der Waals surface area (Å²) in [6.07, 6.45) is 8.78. The van der Waals surface area contributed by atoms with E-state index in [9.17, 15) is 0 Å². The normalized spacial score (nSPS) is 19.1. The van der Waals surface area contributed by atoms with Crippen LogP contribution in [0.1, 0.15) is 165 Å². The molecule has 2 aromatic carbocycles. The maximum absolute atomic E-state index is 6.63. The van der Waals surface area contributed by atoms with Gasteiger partial charge in [-0.1, -0.05) is 106 Å². The van der Waals surface area contributed by atoms with Crippen LogP contribution < -0.4 is 9.47 Å². The zero-order valence-corrected chi connectivity index (χ0v) is 30.3. The molecular formula is C41H64O4. The van der Waals surface area contributed by atoms with Gasteiger partial charge in [0.05, 0.1) is 38.6 Å². The predicted molar refractivity (Wildman–Crippen MR) is 189 cm³/mol. The van der Waals surface area contributed by atoms with Gasteiger partial charge in [-0.2, -0.15) is 0 Å². The molecular weight excluding hydrogens is 556 g/mol. The van der Waals surface area contributed by atoms with Gasteiger partial charge in [0.25, 0.3) is 0 Å². The Morgan fingerprint density at radius 3 is 1.13 bits per heavy atom. The molecule has 2 heterocycles. The van der Waals surface area contributed by atoms with Crippen LogP contribution in [0.25, 0.3) is 0 Å². The Kier molecular flexibility index (Phi) is 13.3. The largest absolute Gasteiger partial charge is 0.493 e. The molecule has 4 unspecified atom stereocenters. The van der Waals surface area contributed by atoms with E-state index in [1.54, 1.807) is 0 Å². The van der Waals surface area contributed by atoms with Crippen molar-refractivity contribution in [1.29, 1.82) is 0 Å². The van der Waals surface area contributed by atoms with Crippen molar-refractivity contribution in [3.8, 4) is 11.5 Å². The lowest BCUT2D eigenvalue weighted by Gasteiger charge is -2.24. The fraction of sp³-hybridized carbons (Fsp3) is 0.707. The van der Waals surface area contributed by atoms with Crippen molar-refractivity contribution in [3.05, 3.63) is 57.6 Å². The second-order valence-electron chi connectivity index (χ2n) is 15.1. The summed E-state index contributed by atoms with van der Waals surface area (Å²) >= 11 is 0. The van der Waals surface area contributed by atoms with Crippen LogP contribution in [0.2, 0.25) is 0 Å². The lowest BCUT2D eigenvalue weighted by Crippen LogP contribution is -2.12. The Bertz CT molecular complexity index is 1050. The molecule has 0 amide bonds. The van der Waals surface area contributed by atoms with Crippen LogP contribution in [0.3, 0.4) is 0 Å². The highest BCUT2D eigenvalue weighted by Crippen LogP contribution is 2.40. The molecule has 2 aromatic rings. The average molecular weight is 621 g/mol. The van der Waals surface area contributed by atoms with Crippen LogP contribution in [0, 0.1) is 11.8 Å². The summed E-state index contributed by atoms with van der Waals surface area (Å²) in [5.74, 6) is 5.16. The van der Waals surface area contributed by atoms with Crippen LogP contribution in [0.15, 0.2) is 24.3 Å². The van der Waals surface area contributed by atoms with Crippen molar-refractivity contribution >= 4 is 0 Å². The van der Waals surface area contributed by atoms with Gasteiger partial charge in [0.2, 0.25) is 0 Å². The quantitative estimate of drug-likeness (QED) is 0.109. The van der Waals surface area contributed by atoms with Gasteiger partial charge in [-0.25, -0.2) is 0 Å². The van der Waals surface area contributed by atoms with Crippen LogP contribution in [-0.4, -0.2) is 38.6 Å². The van der Waals surface area contributed by atoms with Crippen LogP contribution >= 0.6 is 0 Å². The van der Waals surface area contributed by atoms with Crippen molar-refractivity contribution in [3.63, 3.8) is 0 Å². The van der Waals surface area contributed by atoms with E-state index in [4.69, 9.17) is 18.9 Å². The highest BCUT2D eigenvalue weighted by Gasteiger charge is 2.32. The zero-order valence-electron chi connectivity index (χ0n) is 30.3. The third-order valence-corrected chi connectivity index (χ3v) is 10.1. The molecule has 2 aliphatic heterocycles. The van der Waals surface area contributed by atoms with Crippen molar-refractivity contribution in [2.45, 2.75) is 150 Å². The molecule has 4 heteroatoms. The summed E-state index contributed by atoms with van der Waals surface area (Å²) in [5.41, 5.74) is 8.09. The van der Waals surface area contributed by atoms with Gasteiger partial charge in [-0.05, 0) is 101 Å². The van der Waals surface area contributed by atoms with E-state index in [-0.39, 0.29) is 0 Å². The first-order valence-corrected chi connectivity index (χ1v) is 18.4. The monoisotopic (exact) mass is 620 g/mol. The molecule has 0 bridgehead atoms. The summed E-state index contributed by atoms with van der Waals surface area (Å²) in [7, 11) is 0. The highest BCUT2D eigenvalue weighted by molar-refractivity contribution is 5.52. The molecule has 0 aliphatic carbocycles. The molecule has 4 rings (SSSR count). The Labute approximate surface area is 276 Å². The Balaban J connectivity index is 1.53. The SMILES string of the molecule is CCC(CCCOc1c(C(C)C)cc(Cc2cc(C(C)C)c(OCCCC(CC)C3CO3)c(C(C)C)c2)cc1C(C)C)C1CO1. The van der Waals surface area contributed by atoms with Crippen molar-refractivity contribution in [1.82, 2.24) is 0 Å². The van der Waals surface area contributed by atoms with Crippen LogP contribution in [0.4, 0.5) is 0 Å². The van der Waals surface area contributed by atoms with E-state index in [0.717, 1.165) is 57.2 Å². The van der Waals surface area contributed by atoms with Crippen LogP contribution in [0.5, 0.6) is 11.5 Å². The van der Waals surface area contributed by atoms with Crippen molar-refractivity contribution < 1.29 is 18.9 Å². The molecule has 252 valence electrons. The minimum atomic E-state index is 0.396. The molecule has 0 aromatic heterocycles. The van der Waals surface area contributed by atoms with Gasteiger partial charge in [0.15, 0.2) is 0 Å². The second kappa shape index (κ2) is 16.7. The molecule has 0 saturated carbocycles. The molecule has 0 N–H and O–H groups in total. The fourth-order valence-electron chi connectivity index (χ4n) is 6.97. The van der Waals surface area contributed by atoms with Crippen molar-refractivity contribution in [2.24, 2.45) is 11.8 Å². The highest BCUT2D eigenvalue weighted by atomic mass is 16.6. The third-order valence-electron chi connectivity index (χ3n) is 10.1. The lowest BCUT2D eigenvalue weighted by atomic mass is 9.87. The second-order valence-corrected chi connectivity index (χ2v) is 15.1. The first-order valence-electron chi connectivity index (χ1n) is 18.4. The molecule has 4 atom stereocenters. The lowest BCUT2D eigenvalue weighted by molar-refractivity contribution is 0.259. The summed E-state index contributed by atoms with van der Waals surface area (Å²) in [6, 6.07) is 9.67. The topological polar surface area (TPSA) is 43.5 Å². The van der Waals surface area contributed by atoms with E-state index in [1.807, 2.05) is 0 Å². The predicted octanol–water partition coefficient (Wildman–Crippen LogP) is 10.9. The van der Waals surface area contributed by atoms with E-state index in [2.05, 4.69) is 93.5 Å². The minimum absolute atomic E-state index is 0.396. The van der Waals surface area contributed by atoms with Crippen molar-refractivity contribution in [2.75, 3.05) is 26.4 Å². The maximum atomic E-state index is 6.63. The standard InChI is InChI=1S/C41H64O4/c1-11-32(38-24-44-38)15-13-17-42-40-34(26(3)4)20-30(21-35(40)27(5)6)19-31-22-36(28(7)8)41(37(23-31)29(9)10)43-18-14-16-33(12-2)39-25-45-39/h20-23,26-29,32-33,38-39H,11-19,24-25H2,1-10H3. The summed E-state index contributed by atoms with van der Waals surface area (Å²) < 4.78 is 24.4. The smallest absolute Gasteiger partial charge is 0.126 e. The maximum Gasteiger partial charge on any atom is 0.126 e. The fourth-order valence-corrected chi connectivity index (χ4v) is 6.97. The first kappa shape index (κ1) is 35.8. The number of ether oxygens (including phenoxy) is 4. The van der Waals surface area contributed by atoms with Crippen LogP contribution in [-0.2, 0) is 15.9 Å². The molecule has 2 saturated heterocycles. The first-order chi connectivity index (χ1) is 21.5. The molecule has 0 spiro atoms. The Morgan fingerprint density at radius 1 is 0.578 bits per heavy atom. The zero-order chi connectivity index (χ0) is 32.7.